The van der Waals surface area contributed by atoms with Gasteiger partial charge < -0.3 is 4.98 Å². The monoisotopic (exact) mass is 318 g/mol. The second kappa shape index (κ2) is 5.76. The lowest BCUT2D eigenvalue weighted by molar-refractivity contribution is 1.20. The molecule has 21 heavy (non-hydrogen) atoms. The first-order valence-electron chi connectivity index (χ1n) is 6.34. The van der Waals surface area contributed by atoms with E-state index in [4.69, 9.17) is 23.2 Å². The van der Waals surface area contributed by atoms with Gasteiger partial charge in [0.2, 0.25) is 5.95 Å². The number of nitrogens with zero attached hydrogens (tertiary/aromatic N) is 2. The lowest BCUT2D eigenvalue weighted by Gasteiger charge is -2.03. The van der Waals surface area contributed by atoms with Crippen molar-refractivity contribution >= 4 is 45.9 Å². The molecule has 106 valence electrons. The summed E-state index contributed by atoms with van der Waals surface area (Å²) in [5.41, 5.74) is 6.45. The highest BCUT2D eigenvalue weighted by Gasteiger charge is 2.04. The Balaban J connectivity index is 1.82. The molecule has 1 aromatic heterocycles. The Morgan fingerprint density at radius 3 is 2.71 bits per heavy atom. The Morgan fingerprint density at radius 2 is 1.95 bits per heavy atom. The van der Waals surface area contributed by atoms with Crippen molar-refractivity contribution in [2.24, 2.45) is 5.10 Å². The lowest BCUT2D eigenvalue weighted by atomic mass is 10.1. The van der Waals surface area contributed by atoms with Gasteiger partial charge in [-0.05, 0) is 36.8 Å². The van der Waals surface area contributed by atoms with Crippen LogP contribution in [0.15, 0.2) is 47.6 Å². The Bertz CT molecular complexity index is 790. The van der Waals surface area contributed by atoms with Gasteiger partial charge in [-0.15, -0.1) is 0 Å². The van der Waals surface area contributed by atoms with Gasteiger partial charge in [0.25, 0.3) is 0 Å². The van der Waals surface area contributed by atoms with Gasteiger partial charge in [-0.2, -0.15) is 5.10 Å². The smallest absolute Gasteiger partial charge is 0.222 e. The summed E-state index contributed by atoms with van der Waals surface area (Å²) in [5.74, 6) is 0.593. The fourth-order valence-electron chi connectivity index (χ4n) is 1.93. The lowest BCUT2D eigenvalue weighted by Crippen LogP contribution is -2.00. The number of H-pyrrole nitrogens is 1. The largest absolute Gasteiger partial charge is 0.323 e. The number of para-hydroxylation sites is 2. The Labute approximate surface area is 131 Å². The topological polar surface area (TPSA) is 53.1 Å². The van der Waals surface area contributed by atoms with Gasteiger partial charge in [0.05, 0.1) is 26.8 Å². The molecule has 0 aliphatic carbocycles. The number of anilines is 1. The number of nitrogens with one attached hydrogen (secondary N) is 2. The van der Waals surface area contributed by atoms with Crippen LogP contribution in [-0.4, -0.2) is 15.7 Å². The van der Waals surface area contributed by atoms with E-state index in [-0.39, 0.29) is 0 Å². The quantitative estimate of drug-likeness (QED) is 0.543. The van der Waals surface area contributed by atoms with Crippen LogP contribution in [0, 0.1) is 0 Å². The summed E-state index contributed by atoms with van der Waals surface area (Å²) in [7, 11) is 0. The average molecular weight is 319 g/mol. The van der Waals surface area contributed by atoms with Crippen LogP contribution in [0.2, 0.25) is 10.0 Å². The molecule has 0 saturated carbocycles. The third-order valence-electron chi connectivity index (χ3n) is 3.06. The van der Waals surface area contributed by atoms with E-state index in [1.807, 2.05) is 37.3 Å². The number of hydrogen-bond acceptors (Lipinski definition) is 3. The number of hydrazone groups is 1. The first-order chi connectivity index (χ1) is 10.1. The first-order valence-corrected chi connectivity index (χ1v) is 7.09. The van der Waals surface area contributed by atoms with Crippen molar-refractivity contribution in [1.82, 2.24) is 9.97 Å². The molecule has 3 aromatic rings. The molecule has 0 amide bonds. The van der Waals surface area contributed by atoms with E-state index >= 15 is 0 Å². The van der Waals surface area contributed by atoms with E-state index in [0.29, 0.717) is 16.0 Å². The van der Waals surface area contributed by atoms with Gasteiger partial charge >= 0.3 is 0 Å². The van der Waals surface area contributed by atoms with Crippen LogP contribution in [0.1, 0.15) is 12.5 Å². The zero-order chi connectivity index (χ0) is 14.8. The number of aromatic amines is 1. The molecular weight excluding hydrogens is 307 g/mol. The van der Waals surface area contributed by atoms with Crippen LogP contribution in [0.4, 0.5) is 5.95 Å². The summed E-state index contributed by atoms with van der Waals surface area (Å²) in [5, 5.41) is 5.34. The standard InChI is InChI=1S/C15H12Cl2N4/c1-9(10-6-7-11(16)12(17)8-10)20-21-15-18-13-4-2-3-5-14(13)19-15/h2-8H,1H3,(H2,18,19,21)/b20-9-. The highest BCUT2D eigenvalue weighted by atomic mass is 35.5. The van der Waals surface area contributed by atoms with Gasteiger partial charge in [0.1, 0.15) is 0 Å². The van der Waals surface area contributed by atoms with E-state index in [1.165, 1.54) is 0 Å². The molecule has 4 nitrogen and oxygen atoms in total. The molecule has 0 spiro atoms. The van der Waals surface area contributed by atoms with Crippen molar-refractivity contribution in [2.75, 3.05) is 5.43 Å². The summed E-state index contributed by atoms with van der Waals surface area (Å²) in [6.07, 6.45) is 0. The maximum absolute atomic E-state index is 6.00. The molecule has 0 aliphatic heterocycles. The number of aromatic nitrogens is 2. The minimum Gasteiger partial charge on any atom is -0.323 e. The van der Waals surface area contributed by atoms with Crippen molar-refractivity contribution in [3.8, 4) is 0 Å². The van der Waals surface area contributed by atoms with Crippen LogP contribution in [0.3, 0.4) is 0 Å². The number of halogens is 2. The van der Waals surface area contributed by atoms with Crippen molar-refractivity contribution in [1.29, 1.82) is 0 Å². The van der Waals surface area contributed by atoms with Gasteiger partial charge in [-0.1, -0.05) is 41.4 Å². The van der Waals surface area contributed by atoms with Crippen LogP contribution >= 0.6 is 23.2 Å². The van der Waals surface area contributed by atoms with Crippen molar-refractivity contribution in [2.45, 2.75) is 6.92 Å². The first kappa shape index (κ1) is 13.9. The van der Waals surface area contributed by atoms with Crippen LogP contribution in [0.5, 0.6) is 0 Å². The second-order valence-corrected chi connectivity index (χ2v) is 5.35. The molecule has 0 fully saturated rings. The fourth-order valence-corrected chi connectivity index (χ4v) is 2.23. The molecule has 2 N–H and O–H groups in total. The number of benzene rings is 2. The van der Waals surface area contributed by atoms with Crippen LogP contribution in [-0.2, 0) is 0 Å². The van der Waals surface area contributed by atoms with E-state index in [1.54, 1.807) is 12.1 Å². The third-order valence-corrected chi connectivity index (χ3v) is 3.80. The molecule has 0 bridgehead atoms. The third kappa shape index (κ3) is 3.01. The summed E-state index contributed by atoms with van der Waals surface area (Å²) < 4.78 is 0. The summed E-state index contributed by atoms with van der Waals surface area (Å²) in [6, 6.07) is 13.2. The molecule has 0 unspecified atom stereocenters. The molecule has 0 saturated heterocycles. The fraction of sp³-hybridized carbons (Fsp3) is 0.0667. The Morgan fingerprint density at radius 1 is 1.14 bits per heavy atom. The average Bonchev–Trinajstić information content (AvgIpc) is 2.90. The predicted molar refractivity (Wildman–Crippen MR) is 88.4 cm³/mol. The Kier molecular flexibility index (Phi) is 3.82. The van der Waals surface area contributed by atoms with E-state index in [2.05, 4.69) is 20.5 Å². The molecular formula is C15H12Cl2N4. The van der Waals surface area contributed by atoms with Gasteiger partial charge in [-0.25, -0.2) is 10.4 Å². The maximum atomic E-state index is 6.00. The minimum atomic E-state index is 0.507. The van der Waals surface area contributed by atoms with Crippen molar-refractivity contribution in [3.05, 3.63) is 58.1 Å². The van der Waals surface area contributed by atoms with Crippen molar-refractivity contribution < 1.29 is 0 Å². The van der Waals surface area contributed by atoms with Crippen LogP contribution in [0.25, 0.3) is 11.0 Å². The predicted octanol–water partition coefficient (Wildman–Crippen LogP) is 4.71. The van der Waals surface area contributed by atoms with E-state index in [9.17, 15) is 0 Å². The Hall–Kier alpha value is -2.04. The number of hydrogen-bond donors (Lipinski definition) is 2. The molecule has 6 heteroatoms. The molecule has 0 radical (unpaired) electrons. The van der Waals surface area contributed by atoms with Crippen molar-refractivity contribution in [3.63, 3.8) is 0 Å². The second-order valence-electron chi connectivity index (χ2n) is 4.54. The highest BCUT2D eigenvalue weighted by molar-refractivity contribution is 6.42. The molecule has 2 aromatic carbocycles. The number of rotatable bonds is 3. The van der Waals surface area contributed by atoms with Crippen LogP contribution < -0.4 is 5.43 Å². The molecule has 3 rings (SSSR count). The normalized spacial score (nSPS) is 11.9. The minimum absolute atomic E-state index is 0.507. The van der Waals surface area contributed by atoms with E-state index in [0.717, 1.165) is 22.3 Å². The summed E-state index contributed by atoms with van der Waals surface area (Å²) in [6.45, 7) is 1.88. The summed E-state index contributed by atoms with van der Waals surface area (Å²) in [4.78, 5) is 7.54. The molecule has 0 atom stereocenters. The molecule has 0 aliphatic rings. The highest BCUT2D eigenvalue weighted by Crippen LogP contribution is 2.23. The number of fused-ring (bicyclic) bond motifs is 1. The maximum Gasteiger partial charge on any atom is 0.222 e. The van der Waals surface area contributed by atoms with E-state index < -0.39 is 0 Å². The summed E-state index contributed by atoms with van der Waals surface area (Å²) >= 11 is 11.9. The molecule has 1 heterocycles. The van der Waals surface area contributed by atoms with Gasteiger partial charge in [-0.3, -0.25) is 0 Å². The van der Waals surface area contributed by atoms with Gasteiger partial charge in [0.15, 0.2) is 0 Å². The SMILES string of the molecule is C/C(=N/Nc1nc2ccccc2[nH]1)c1ccc(Cl)c(Cl)c1. The zero-order valence-corrected chi connectivity index (χ0v) is 12.7. The van der Waals surface area contributed by atoms with Gasteiger partial charge in [0, 0.05) is 0 Å². The number of imidazole rings is 1. The zero-order valence-electron chi connectivity index (χ0n) is 11.2.